The number of hydrogen-bond donors (Lipinski definition) is 1. The van der Waals surface area contributed by atoms with Crippen molar-refractivity contribution in [3.8, 4) is 0 Å². The SMILES string of the molecule is C[C@]1(C(N)=O)CN(C(=O)CC2CCCC2)CCO1. The zero-order valence-corrected chi connectivity index (χ0v) is 11.0. The van der Waals surface area contributed by atoms with E-state index >= 15 is 0 Å². The van der Waals surface area contributed by atoms with Gasteiger partial charge in [0.15, 0.2) is 5.60 Å². The van der Waals surface area contributed by atoms with Gasteiger partial charge < -0.3 is 15.4 Å². The zero-order valence-electron chi connectivity index (χ0n) is 11.0. The minimum atomic E-state index is -1.02. The highest BCUT2D eigenvalue weighted by atomic mass is 16.5. The summed E-state index contributed by atoms with van der Waals surface area (Å²) in [5.41, 5.74) is 4.30. The molecule has 1 heterocycles. The number of amides is 2. The fraction of sp³-hybridized carbons (Fsp3) is 0.846. The minimum Gasteiger partial charge on any atom is -0.367 e. The molecule has 1 saturated carbocycles. The average molecular weight is 254 g/mol. The Labute approximate surface area is 108 Å². The van der Waals surface area contributed by atoms with Crippen LogP contribution in [0, 0.1) is 5.92 Å². The van der Waals surface area contributed by atoms with Gasteiger partial charge >= 0.3 is 0 Å². The van der Waals surface area contributed by atoms with Crippen LogP contribution in [0.25, 0.3) is 0 Å². The van der Waals surface area contributed by atoms with Crippen molar-refractivity contribution in [2.45, 2.75) is 44.6 Å². The van der Waals surface area contributed by atoms with Crippen molar-refractivity contribution in [3.63, 3.8) is 0 Å². The number of nitrogens with zero attached hydrogens (tertiary/aromatic N) is 1. The molecule has 102 valence electrons. The van der Waals surface area contributed by atoms with E-state index < -0.39 is 11.5 Å². The maximum absolute atomic E-state index is 12.2. The van der Waals surface area contributed by atoms with E-state index in [9.17, 15) is 9.59 Å². The van der Waals surface area contributed by atoms with Crippen LogP contribution >= 0.6 is 0 Å². The monoisotopic (exact) mass is 254 g/mol. The molecule has 1 atom stereocenters. The summed E-state index contributed by atoms with van der Waals surface area (Å²) < 4.78 is 5.41. The number of primary amides is 1. The van der Waals surface area contributed by atoms with E-state index in [1.807, 2.05) is 0 Å². The molecule has 2 amide bonds. The predicted molar refractivity (Wildman–Crippen MR) is 66.7 cm³/mol. The van der Waals surface area contributed by atoms with Crippen molar-refractivity contribution in [1.82, 2.24) is 4.90 Å². The van der Waals surface area contributed by atoms with Gasteiger partial charge in [-0.05, 0) is 25.7 Å². The standard InChI is InChI=1S/C13H22N2O3/c1-13(12(14)17)9-15(6-7-18-13)11(16)8-10-4-2-3-5-10/h10H,2-9H2,1H3,(H2,14,17)/t13-/m1/s1. The van der Waals surface area contributed by atoms with Gasteiger partial charge in [0.25, 0.3) is 5.91 Å². The zero-order chi connectivity index (χ0) is 13.2. The molecule has 2 N–H and O–H groups in total. The van der Waals surface area contributed by atoms with Crippen LogP contribution in [0.4, 0.5) is 0 Å². The van der Waals surface area contributed by atoms with Crippen molar-refractivity contribution in [2.75, 3.05) is 19.7 Å². The number of carbonyl (C=O) groups is 2. The third-order valence-corrected chi connectivity index (χ3v) is 4.09. The summed E-state index contributed by atoms with van der Waals surface area (Å²) in [4.78, 5) is 25.3. The number of carbonyl (C=O) groups excluding carboxylic acids is 2. The minimum absolute atomic E-state index is 0.137. The summed E-state index contributed by atoms with van der Waals surface area (Å²) in [5, 5.41) is 0. The van der Waals surface area contributed by atoms with Crippen LogP contribution in [0.3, 0.4) is 0 Å². The number of ether oxygens (including phenoxy) is 1. The van der Waals surface area contributed by atoms with Gasteiger partial charge in [0.05, 0.1) is 13.2 Å². The molecule has 0 spiro atoms. The Morgan fingerprint density at radius 2 is 2.06 bits per heavy atom. The van der Waals surface area contributed by atoms with Gasteiger partial charge in [-0.3, -0.25) is 9.59 Å². The lowest BCUT2D eigenvalue weighted by Crippen LogP contribution is -2.58. The van der Waals surface area contributed by atoms with Crippen molar-refractivity contribution < 1.29 is 14.3 Å². The Balaban J connectivity index is 1.91. The number of nitrogens with two attached hydrogens (primary N) is 1. The molecule has 18 heavy (non-hydrogen) atoms. The number of rotatable bonds is 3. The first-order valence-corrected chi connectivity index (χ1v) is 6.73. The lowest BCUT2D eigenvalue weighted by molar-refractivity contribution is -0.160. The molecule has 5 heteroatoms. The molecule has 2 fully saturated rings. The largest absolute Gasteiger partial charge is 0.367 e. The summed E-state index contributed by atoms with van der Waals surface area (Å²) in [6.45, 7) is 2.89. The topological polar surface area (TPSA) is 72.6 Å². The number of hydrogen-bond acceptors (Lipinski definition) is 3. The molecule has 0 aromatic rings. The number of morpholine rings is 1. The van der Waals surface area contributed by atoms with Gasteiger partial charge in [0, 0.05) is 13.0 Å². The Bertz CT molecular complexity index is 339. The summed E-state index contributed by atoms with van der Waals surface area (Å²) in [6.07, 6.45) is 5.39. The first-order valence-electron chi connectivity index (χ1n) is 6.73. The first-order chi connectivity index (χ1) is 8.51. The van der Waals surface area contributed by atoms with Crippen molar-refractivity contribution in [3.05, 3.63) is 0 Å². The maximum Gasteiger partial charge on any atom is 0.251 e. The van der Waals surface area contributed by atoms with Gasteiger partial charge in [-0.25, -0.2) is 0 Å². The smallest absolute Gasteiger partial charge is 0.251 e. The molecule has 1 aliphatic carbocycles. The summed E-state index contributed by atoms with van der Waals surface area (Å²) in [5.74, 6) is 0.165. The third kappa shape index (κ3) is 2.83. The summed E-state index contributed by atoms with van der Waals surface area (Å²) >= 11 is 0. The second-order valence-electron chi connectivity index (χ2n) is 5.61. The Hall–Kier alpha value is -1.10. The molecule has 1 saturated heterocycles. The Kier molecular flexibility index (Phi) is 3.90. The Morgan fingerprint density at radius 1 is 1.39 bits per heavy atom. The molecule has 0 unspecified atom stereocenters. The second-order valence-corrected chi connectivity index (χ2v) is 5.61. The van der Waals surface area contributed by atoms with Crippen LogP contribution in [0.2, 0.25) is 0 Å². The highest BCUT2D eigenvalue weighted by Gasteiger charge is 2.39. The van der Waals surface area contributed by atoms with E-state index in [-0.39, 0.29) is 12.5 Å². The van der Waals surface area contributed by atoms with Gasteiger partial charge in [0.1, 0.15) is 0 Å². The molecule has 2 rings (SSSR count). The highest BCUT2D eigenvalue weighted by molar-refractivity contribution is 5.85. The summed E-state index contributed by atoms with van der Waals surface area (Å²) in [7, 11) is 0. The molecule has 2 aliphatic rings. The molecule has 0 radical (unpaired) electrons. The normalized spacial score (nSPS) is 29.5. The van der Waals surface area contributed by atoms with Crippen molar-refractivity contribution in [2.24, 2.45) is 11.7 Å². The lowest BCUT2D eigenvalue weighted by Gasteiger charge is -2.38. The first kappa shape index (κ1) is 13.3. The fourth-order valence-electron chi connectivity index (χ4n) is 2.82. The predicted octanol–water partition coefficient (Wildman–Crippen LogP) is 0.669. The van der Waals surface area contributed by atoms with E-state index in [0.717, 1.165) is 12.8 Å². The van der Waals surface area contributed by atoms with Crippen LogP contribution in [0.15, 0.2) is 0 Å². The lowest BCUT2D eigenvalue weighted by atomic mass is 10.0. The molecular formula is C13H22N2O3. The molecule has 5 nitrogen and oxygen atoms in total. The van der Waals surface area contributed by atoms with Gasteiger partial charge in [-0.1, -0.05) is 12.8 Å². The van der Waals surface area contributed by atoms with E-state index in [1.165, 1.54) is 12.8 Å². The molecule has 1 aliphatic heterocycles. The van der Waals surface area contributed by atoms with Gasteiger partial charge in [-0.15, -0.1) is 0 Å². The summed E-state index contributed by atoms with van der Waals surface area (Å²) in [6, 6.07) is 0. The van der Waals surface area contributed by atoms with E-state index in [0.29, 0.717) is 25.5 Å². The van der Waals surface area contributed by atoms with E-state index in [2.05, 4.69) is 0 Å². The quantitative estimate of drug-likeness (QED) is 0.804. The van der Waals surface area contributed by atoms with Gasteiger partial charge in [0.2, 0.25) is 5.91 Å². The van der Waals surface area contributed by atoms with Crippen LogP contribution in [0.1, 0.15) is 39.0 Å². The van der Waals surface area contributed by atoms with Crippen molar-refractivity contribution >= 4 is 11.8 Å². The Morgan fingerprint density at radius 3 is 2.67 bits per heavy atom. The average Bonchev–Trinajstić information content (AvgIpc) is 2.81. The fourth-order valence-corrected chi connectivity index (χ4v) is 2.82. The molecule has 0 aromatic carbocycles. The van der Waals surface area contributed by atoms with Gasteiger partial charge in [-0.2, -0.15) is 0 Å². The highest BCUT2D eigenvalue weighted by Crippen LogP contribution is 2.28. The van der Waals surface area contributed by atoms with Crippen LogP contribution < -0.4 is 5.73 Å². The molecule has 0 bridgehead atoms. The van der Waals surface area contributed by atoms with Crippen molar-refractivity contribution in [1.29, 1.82) is 0 Å². The van der Waals surface area contributed by atoms with Crippen LogP contribution in [0.5, 0.6) is 0 Å². The maximum atomic E-state index is 12.2. The third-order valence-electron chi connectivity index (χ3n) is 4.09. The molecule has 0 aromatic heterocycles. The van der Waals surface area contributed by atoms with Crippen LogP contribution in [-0.2, 0) is 14.3 Å². The second kappa shape index (κ2) is 5.26. The van der Waals surface area contributed by atoms with E-state index in [4.69, 9.17) is 10.5 Å². The van der Waals surface area contributed by atoms with Crippen LogP contribution in [-0.4, -0.2) is 42.0 Å². The van der Waals surface area contributed by atoms with E-state index in [1.54, 1.807) is 11.8 Å². The molecular weight excluding hydrogens is 232 g/mol.